The standard InChI is InChI=1S/C41H81N2O6P/c1-6-8-10-12-13-14-15-16-17-18-19-20-21-22-23-24-25-26-27-28-29-31-33-35-41(45)42-39(40(44)34-32-30-11-9-7-2)38-49-50(46,47)48-37-36-43(3,4)5/h18-19,32,34,39-40,44H,6-17,20-31,33,35-38H2,1-5H3,(H-,42,45,46,47)/b19-18-,34-32+. The van der Waals surface area contributed by atoms with Crippen LogP contribution in [0, 0.1) is 0 Å². The number of nitrogens with one attached hydrogen (secondary N) is 1. The molecule has 0 aromatic heterocycles. The predicted octanol–water partition coefficient (Wildman–Crippen LogP) is 10.3. The summed E-state index contributed by atoms with van der Waals surface area (Å²) in [5.74, 6) is -0.206. The van der Waals surface area contributed by atoms with Gasteiger partial charge in [0.15, 0.2) is 0 Å². The van der Waals surface area contributed by atoms with Crippen LogP contribution in [-0.4, -0.2) is 68.5 Å². The van der Waals surface area contributed by atoms with Gasteiger partial charge < -0.3 is 28.8 Å². The third-order valence-corrected chi connectivity index (χ3v) is 10.1. The van der Waals surface area contributed by atoms with Crippen molar-refractivity contribution in [2.24, 2.45) is 0 Å². The van der Waals surface area contributed by atoms with Crippen LogP contribution in [0.4, 0.5) is 0 Å². The van der Waals surface area contributed by atoms with E-state index in [0.717, 1.165) is 44.9 Å². The first-order valence-electron chi connectivity index (χ1n) is 20.7. The van der Waals surface area contributed by atoms with Gasteiger partial charge in [0.25, 0.3) is 7.82 Å². The van der Waals surface area contributed by atoms with Crippen molar-refractivity contribution in [3.05, 3.63) is 24.3 Å². The van der Waals surface area contributed by atoms with E-state index in [1.54, 1.807) is 6.08 Å². The van der Waals surface area contributed by atoms with Gasteiger partial charge in [-0.3, -0.25) is 9.36 Å². The van der Waals surface area contributed by atoms with Gasteiger partial charge in [0.05, 0.1) is 39.9 Å². The molecule has 0 spiro atoms. The largest absolute Gasteiger partial charge is 0.756 e. The Bertz CT molecular complexity index is 876. The summed E-state index contributed by atoms with van der Waals surface area (Å²) in [6, 6.07) is -0.879. The molecule has 0 aliphatic heterocycles. The van der Waals surface area contributed by atoms with Crippen molar-refractivity contribution in [3.63, 3.8) is 0 Å². The Hall–Kier alpha value is -1.02. The van der Waals surface area contributed by atoms with E-state index in [9.17, 15) is 19.4 Å². The van der Waals surface area contributed by atoms with Gasteiger partial charge in [0.1, 0.15) is 13.2 Å². The lowest BCUT2D eigenvalue weighted by atomic mass is 10.0. The molecule has 0 saturated carbocycles. The maximum atomic E-state index is 12.7. The molecule has 0 aromatic rings. The van der Waals surface area contributed by atoms with E-state index < -0.39 is 20.0 Å². The molecule has 0 fully saturated rings. The van der Waals surface area contributed by atoms with Crippen LogP contribution in [0.1, 0.15) is 181 Å². The molecular weight excluding hydrogens is 647 g/mol. The van der Waals surface area contributed by atoms with Crippen molar-refractivity contribution in [2.45, 2.75) is 193 Å². The Balaban J connectivity index is 4.05. The fourth-order valence-electron chi connectivity index (χ4n) is 5.79. The summed E-state index contributed by atoms with van der Waals surface area (Å²) in [5.41, 5.74) is 0. The minimum absolute atomic E-state index is 0.00126. The molecule has 1 amide bonds. The molecule has 0 aromatic carbocycles. The van der Waals surface area contributed by atoms with Crippen molar-refractivity contribution in [2.75, 3.05) is 40.9 Å². The van der Waals surface area contributed by atoms with Crippen LogP contribution in [0.2, 0.25) is 0 Å². The fraction of sp³-hybridized carbons (Fsp3) is 0.878. The number of likely N-dealkylation sites (N-methyl/N-ethyl adjacent to an activating group) is 1. The summed E-state index contributed by atoms with van der Waals surface area (Å²) >= 11 is 0. The summed E-state index contributed by atoms with van der Waals surface area (Å²) < 4.78 is 22.9. The normalized spacial score (nSPS) is 14.8. The monoisotopic (exact) mass is 729 g/mol. The molecule has 0 aliphatic rings. The first-order valence-corrected chi connectivity index (χ1v) is 22.2. The second kappa shape index (κ2) is 33.8. The minimum Gasteiger partial charge on any atom is -0.756 e. The number of carbonyl (C=O) groups excluding carboxylic acids is 1. The molecule has 9 heteroatoms. The average molecular weight is 729 g/mol. The van der Waals surface area contributed by atoms with E-state index in [1.165, 1.54) is 116 Å². The molecule has 0 heterocycles. The Kier molecular flexibility index (Phi) is 33.1. The van der Waals surface area contributed by atoms with Crippen LogP contribution in [-0.2, 0) is 18.4 Å². The topological polar surface area (TPSA) is 108 Å². The number of quaternary nitrogens is 1. The van der Waals surface area contributed by atoms with E-state index in [0.29, 0.717) is 17.4 Å². The number of phosphoric acid groups is 1. The fourth-order valence-corrected chi connectivity index (χ4v) is 6.52. The van der Waals surface area contributed by atoms with Crippen LogP contribution in [0.3, 0.4) is 0 Å². The molecule has 0 aliphatic carbocycles. The number of carbonyl (C=O) groups is 1. The Morgan fingerprint density at radius 3 is 1.60 bits per heavy atom. The first kappa shape index (κ1) is 49.0. The second-order valence-electron chi connectivity index (χ2n) is 15.3. The number of aliphatic hydroxyl groups excluding tert-OH is 1. The van der Waals surface area contributed by atoms with Gasteiger partial charge in [-0.05, 0) is 44.9 Å². The smallest absolute Gasteiger partial charge is 0.268 e. The van der Waals surface area contributed by atoms with E-state index in [2.05, 4.69) is 31.3 Å². The first-order chi connectivity index (χ1) is 24.0. The number of nitrogens with zero attached hydrogens (tertiary/aromatic N) is 1. The summed E-state index contributed by atoms with van der Waals surface area (Å²) in [4.78, 5) is 25.0. The summed E-state index contributed by atoms with van der Waals surface area (Å²) in [6.07, 6.45) is 38.5. The van der Waals surface area contributed by atoms with Gasteiger partial charge in [0, 0.05) is 6.42 Å². The molecule has 50 heavy (non-hydrogen) atoms. The molecule has 0 saturated heterocycles. The summed E-state index contributed by atoms with van der Waals surface area (Å²) in [7, 11) is 1.26. The van der Waals surface area contributed by atoms with E-state index >= 15 is 0 Å². The van der Waals surface area contributed by atoms with Crippen LogP contribution in [0.15, 0.2) is 24.3 Å². The molecule has 0 rings (SSSR count). The third-order valence-electron chi connectivity index (χ3n) is 9.16. The van der Waals surface area contributed by atoms with Gasteiger partial charge in [-0.1, -0.05) is 154 Å². The van der Waals surface area contributed by atoms with E-state index in [1.807, 2.05) is 27.2 Å². The van der Waals surface area contributed by atoms with Crippen molar-refractivity contribution in [1.82, 2.24) is 5.32 Å². The Morgan fingerprint density at radius 1 is 0.680 bits per heavy atom. The number of amides is 1. The molecule has 3 atom stereocenters. The molecular formula is C41H81N2O6P. The second-order valence-corrected chi connectivity index (χ2v) is 16.8. The quantitative estimate of drug-likeness (QED) is 0.0285. The van der Waals surface area contributed by atoms with Crippen molar-refractivity contribution >= 4 is 13.7 Å². The van der Waals surface area contributed by atoms with Crippen LogP contribution >= 0.6 is 7.82 Å². The van der Waals surface area contributed by atoms with Crippen molar-refractivity contribution in [3.8, 4) is 0 Å². The summed E-state index contributed by atoms with van der Waals surface area (Å²) in [6.45, 7) is 4.52. The molecule has 0 radical (unpaired) electrons. The minimum atomic E-state index is -4.57. The number of unbranched alkanes of at least 4 members (excludes halogenated alkanes) is 22. The lowest BCUT2D eigenvalue weighted by molar-refractivity contribution is -0.870. The van der Waals surface area contributed by atoms with Crippen LogP contribution in [0.25, 0.3) is 0 Å². The van der Waals surface area contributed by atoms with Gasteiger partial charge in [0.2, 0.25) is 5.91 Å². The van der Waals surface area contributed by atoms with E-state index in [-0.39, 0.29) is 19.1 Å². The molecule has 3 unspecified atom stereocenters. The van der Waals surface area contributed by atoms with E-state index in [4.69, 9.17) is 9.05 Å². The zero-order valence-electron chi connectivity index (χ0n) is 33.4. The third kappa shape index (κ3) is 35.4. The number of hydrogen-bond acceptors (Lipinski definition) is 6. The number of aliphatic hydroxyl groups is 1. The van der Waals surface area contributed by atoms with Gasteiger partial charge in [-0.15, -0.1) is 0 Å². The maximum absolute atomic E-state index is 12.7. The lowest BCUT2D eigenvalue weighted by Crippen LogP contribution is -2.45. The highest BCUT2D eigenvalue weighted by atomic mass is 31.2. The highest BCUT2D eigenvalue weighted by Gasteiger charge is 2.23. The van der Waals surface area contributed by atoms with Crippen LogP contribution in [0.5, 0.6) is 0 Å². The number of phosphoric ester groups is 1. The molecule has 296 valence electrons. The van der Waals surface area contributed by atoms with Crippen molar-refractivity contribution < 1.29 is 32.9 Å². The number of allylic oxidation sites excluding steroid dienone is 3. The zero-order valence-corrected chi connectivity index (χ0v) is 34.2. The highest BCUT2D eigenvalue weighted by Crippen LogP contribution is 2.38. The maximum Gasteiger partial charge on any atom is 0.268 e. The highest BCUT2D eigenvalue weighted by molar-refractivity contribution is 7.45. The molecule has 2 N–H and O–H groups in total. The summed E-state index contributed by atoms with van der Waals surface area (Å²) in [5, 5.41) is 13.5. The SMILES string of the molecule is CCCCC/C=C/C(O)C(COP(=O)([O-])OCC[N+](C)(C)C)NC(=O)CCCCCCCCCCCCC/C=C\CCCCCCCCCC. The molecule has 8 nitrogen and oxygen atoms in total. The Morgan fingerprint density at radius 2 is 1.10 bits per heavy atom. The van der Waals surface area contributed by atoms with Gasteiger partial charge in [-0.2, -0.15) is 0 Å². The predicted molar refractivity (Wildman–Crippen MR) is 210 cm³/mol. The van der Waals surface area contributed by atoms with Gasteiger partial charge in [-0.25, -0.2) is 0 Å². The number of rotatable bonds is 37. The zero-order chi connectivity index (χ0) is 37.2. The molecule has 0 bridgehead atoms. The van der Waals surface area contributed by atoms with Crippen molar-refractivity contribution in [1.29, 1.82) is 0 Å². The Labute approximate surface area is 309 Å². The average Bonchev–Trinajstić information content (AvgIpc) is 3.06. The number of hydrogen-bond donors (Lipinski definition) is 2. The van der Waals surface area contributed by atoms with Crippen LogP contribution < -0.4 is 10.2 Å². The van der Waals surface area contributed by atoms with Gasteiger partial charge >= 0.3 is 0 Å². The lowest BCUT2D eigenvalue weighted by Gasteiger charge is -2.29.